The zero-order valence-corrected chi connectivity index (χ0v) is 14.6. The van der Waals surface area contributed by atoms with Gasteiger partial charge in [-0.1, -0.05) is 12.2 Å². The maximum absolute atomic E-state index is 12.6. The highest BCUT2D eigenvalue weighted by atomic mass is 16.2. The summed E-state index contributed by atoms with van der Waals surface area (Å²) in [7, 11) is 0. The zero-order valence-electron chi connectivity index (χ0n) is 14.6. The van der Waals surface area contributed by atoms with Crippen molar-refractivity contribution in [2.45, 2.75) is 40.2 Å². The Morgan fingerprint density at radius 3 is 2.21 bits per heavy atom. The van der Waals surface area contributed by atoms with E-state index in [9.17, 15) is 9.59 Å². The number of nitrogens with zero attached hydrogens (tertiary/aromatic N) is 3. The molecule has 2 aliphatic carbocycles. The van der Waals surface area contributed by atoms with Crippen molar-refractivity contribution in [3.8, 4) is 0 Å². The van der Waals surface area contributed by atoms with Gasteiger partial charge in [0, 0.05) is 23.0 Å². The number of rotatable bonds is 3. The summed E-state index contributed by atoms with van der Waals surface area (Å²) in [5, 5.41) is 5.39. The second-order valence-corrected chi connectivity index (χ2v) is 7.52. The molecule has 4 unspecified atom stereocenters. The van der Waals surface area contributed by atoms with Crippen molar-refractivity contribution in [3.05, 3.63) is 35.2 Å². The molecule has 2 fully saturated rings. The van der Waals surface area contributed by atoms with Crippen LogP contribution in [0.1, 0.15) is 43.3 Å². The first kappa shape index (κ1) is 15.4. The summed E-state index contributed by atoms with van der Waals surface area (Å²) in [5.41, 5.74) is 3.22. The van der Waals surface area contributed by atoms with E-state index in [1.165, 1.54) is 0 Å². The third-order valence-electron chi connectivity index (χ3n) is 5.80. The highest BCUT2D eigenvalue weighted by Crippen LogP contribution is 2.52. The number of aromatic nitrogens is 1. The van der Waals surface area contributed by atoms with Gasteiger partial charge in [0.05, 0.1) is 18.1 Å². The van der Waals surface area contributed by atoms with Crippen LogP contribution in [0.4, 0.5) is 0 Å². The average molecular weight is 325 g/mol. The third-order valence-corrected chi connectivity index (χ3v) is 5.80. The van der Waals surface area contributed by atoms with Crippen LogP contribution in [0, 0.1) is 37.5 Å². The Kier molecular flexibility index (Phi) is 3.31. The molecule has 5 heteroatoms. The van der Waals surface area contributed by atoms with Crippen LogP contribution < -0.4 is 0 Å². The zero-order chi connectivity index (χ0) is 17.2. The molecule has 0 radical (unpaired) electrons. The average Bonchev–Trinajstić information content (AvgIpc) is 3.23. The highest BCUT2D eigenvalue weighted by molar-refractivity contribution is 6.06. The van der Waals surface area contributed by atoms with Gasteiger partial charge in [0.15, 0.2) is 0 Å². The Hall–Kier alpha value is -2.17. The maximum Gasteiger partial charge on any atom is 0.254 e. The van der Waals surface area contributed by atoms with Crippen molar-refractivity contribution in [1.29, 1.82) is 0 Å². The van der Waals surface area contributed by atoms with Crippen LogP contribution in [0.3, 0.4) is 0 Å². The van der Waals surface area contributed by atoms with E-state index in [2.05, 4.69) is 48.7 Å². The summed E-state index contributed by atoms with van der Waals surface area (Å²) in [4.78, 5) is 25.3. The van der Waals surface area contributed by atoms with Gasteiger partial charge in [-0.2, -0.15) is 10.1 Å². The molecule has 1 aromatic heterocycles. The first-order chi connectivity index (χ1) is 11.4. The fraction of sp³-hybridized carbons (Fsp3) is 0.526. The summed E-state index contributed by atoms with van der Waals surface area (Å²) < 4.78 is 2.23. The van der Waals surface area contributed by atoms with Gasteiger partial charge in [0.2, 0.25) is 0 Å². The van der Waals surface area contributed by atoms with Gasteiger partial charge >= 0.3 is 0 Å². The van der Waals surface area contributed by atoms with Gasteiger partial charge in [-0.3, -0.25) is 9.59 Å². The van der Waals surface area contributed by atoms with E-state index in [1.54, 1.807) is 6.21 Å². The second-order valence-electron chi connectivity index (χ2n) is 7.52. The molecule has 1 aliphatic heterocycles. The van der Waals surface area contributed by atoms with E-state index >= 15 is 0 Å². The Bertz CT molecular complexity index is 757. The van der Waals surface area contributed by atoms with Crippen molar-refractivity contribution < 1.29 is 9.59 Å². The van der Waals surface area contributed by atoms with E-state index in [-0.39, 0.29) is 35.5 Å². The van der Waals surface area contributed by atoms with Crippen LogP contribution in [0.25, 0.3) is 0 Å². The molecule has 24 heavy (non-hydrogen) atoms. The quantitative estimate of drug-likeness (QED) is 0.487. The molecule has 2 bridgehead atoms. The molecule has 4 rings (SSSR count). The number of imide groups is 1. The first-order valence-electron chi connectivity index (χ1n) is 8.68. The number of amides is 2. The lowest BCUT2D eigenvalue weighted by molar-refractivity contribution is -0.140. The van der Waals surface area contributed by atoms with Crippen molar-refractivity contribution in [2.75, 3.05) is 0 Å². The summed E-state index contributed by atoms with van der Waals surface area (Å²) in [5.74, 6) is -0.183. The van der Waals surface area contributed by atoms with Crippen LogP contribution in [-0.2, 0) is 9.59 Å². The van der Waals surface area contributed by atoms with Crippen molar-refractivity contribution in [1.82, 2.24) is 9.58 Å². The fourth-order valence-electron chi connectivity index (χ4n) is 4.85. The Labute approximate surface area is 142 Å². The largest absolute Gasteiger partial charge is 0.346 e. The standard InChI is InChI=1S/C19H23N3O2/c1-10(2)21-11(3)7-15(12(21)4)9-20-22-18(23)16-13-5-6-14(8-13)17(16)19(22)24/h5-7,9-10,13-14,16-17H,8H2,1-4H3. The minimum absolute atomic E-state index is 0.129. The lowest BCUT2D eigenvalue weighted by Crippen LogP contribution is -2.28. The monoisotopic (exact) mass is 325 g/mol. The molecule has 1 saturated heterocycles. The smallest absolute Gasteiger partial charge is 0.254 e. The first-order valence-corrected chi connectivity index (χ1v) is 8.68. The second kappa shape index (κ2) is 5.16. The summed E-state index contributed by atoms with van der Waals surface area (Å²) >= 11 is 0. The van der Waals surface area contributed by atoms with E-state index < -0.39 is 0 Å². The Morgan fingerprint density at radius 1 is 1.12 bits per heavy atom. The van der Waals surface area contributed by atoms with E-state index in [0.29, 0.717) is 6.04 Å². The van der Waals surface area contributed by atoms with Gasteiger partial charge in [0.1, 0.15) is 0 Å². The van der Waals surface area contributed by atoms with Crippen LogP contribution in [0.15, 0.2) is 23.3 Å². The SMILES string of the molecule is Cc1cc(C=NN2C(=O)C3C4C=CC(C4)C3C2=O)c(C)n1C(C)C. The van der Waals surface area contributed by atoms with Crippen LogP contribution >= 0.6 is 0 Å². The predicted octanol–water partition coefficient (Wildman–Crippen LogP) is 2.83. The van der Waals surface area contributed by atoms with Crippen molar-refractivity contribution >= 4 is 18.0 Å². The van der Waals surface area contributed by atoms with Crippen LogP contribution in [-0.4, -0.2) is 27.6 Å². The van der Waals surface area contributed by atoms with Gasteiger partial charge in [-0.05, 0) is 52.0 Å². The molecule has 1 saturated carbocycles. The maximum atomic E-state index is 12.6. The number of carbonyl (C=O) groups excluding carboxylic acids is 2. The molecule has 0 N–H and O–H groups in total. The topological polar surface area (TPSA) is 54.7 Å². The minimum atomic E-state index is -0.187. The van der Waals surface area contributed by atoms with E-state index in [0.717, 1.165) is 28.4 Å². The molecule has 126 valence electrons. The molecule has 3 aliphatic rings. The lowest BCUT2D eigenvalue weighted by Gasteiger charge is -2.13. The summed E-state index contributed by atoms with van der Waals surface area (Å²) in [6.45, 7) is 8.38. The molecular formula is C19H23N3O2. The van der Waals surface area contributed by atoms with Gasteiger partial charge < -0.3 is 4.57 Å². The molecule has 2 amide bonds. The molecule has 4 atom stereocenters. The molecule has 0 aromatic carbocycles. The Morgan fingerprint density at radius 2 is 1.71 bits per heavy atom. The Balaban J connectivity index is 1.61. The molecular weight excluding hydrogens is 302 g/mol. The summed E-state index contributed by atoms with van der Waals surface area (Å²) in [6, 6.07) is 2.42. The third kappa shape index (κ3) is 1.96. The summed E-state index contributed by atoms with van der Waals surface area (Å²) in [6.07, 6.45) is 6.80. The predicted molar refractivity (Wildman–Crippen MR) is 91.5 cm³/mol. The molecule has 1 aromatic rings. The fourth-order valence-corrected chi connectivity index (χ4v) is 4.85. The van der Waals surface area contributed by atoms with E-state index in [1.807, 2.05) is 6.92 Å². The van der Waals surface area contributed by atoms with Gasteiger partial charge in [0.25, 0.3) is 11.8 Å². The molecule has 5 nitrogen and oxygen atoms in total. The number of hydrogen-bond acceptors (Lipinski definition) is 3. The highest BCUT2D eigenvalue weighted by Gasteiger charge is 2.59. The number of fused-ring (bicyclic) bond motifs is 5. The van der Waals surface area contributed by atoms with Crippen LogP contribution in [0.5, 0.6) is 0 Å². The minimum Gasteiger partial charge on any atom is -0.346 e. The normalized spacial score (nSPS) is 31.3. The number of hydrogen-bond donors (Lipinski definition) is 0. The molecule has 2 heterocycles. The number of carbonyl (C=O) groups is 2. The van der Waals surface area contributed by atoms with Gasteiger partial charge in [-0.15, -0.1) is 0 Å². The van der Waals surface area contributed by atoms with Crippen molar-refractivity contribution in [3.63, 3.8) is 0 Å². The van der Waals surface area contributed by atoms with E-state index in [4.69, 9.17) is 0 Å². The number of hydrazone groups is 1. The lowest BCUT2D eigenvalue weighted by atomic mass is 9.85. The van der Waals surface area contributed by atoms with Crippen LogP contribution in [0.2, 0.25) is 0 Å². The number of aryl methyl sites for hydroxylation is 1. The van der Waals surface area contributed by atoms with Gasteiger partial charge in [-0.25, -0.2) is 0 Å². The molecule has 0 spiro atoms. The van der Waals surface area contributed by atoms with Crippen molar-refractivity contribution in [2.24, 2.45) is 28.8 Å². The number of allylic oxidation sites excluding steroid dienone is 2.